The Morgan fingerprint density at radius 3 is 2.35 bits per heavy atom. The van der Waals surface area contributed by atoms with Gasteiger partial charge >= 0.3 is 0 Å². The van der Waals surface area contributed by atoms with E-state index in [1.807, 2.05) is 30.3 Å². The average molecular weight is 442 g/mol. The van der Waals surface area contributed by atoms with E-state index < -0.39 is 10.0 Å². The number of nitrogens with zero attached hydrogens (tertiary/aromatic N) is 4. The third-order valence-electron chi connectivity index (χ3n) is 4.92. The second-order valence-electron chi connectivity index (χ2n) is 7.40. The third-order valence-corrected chi connectivity index (χ3v) is 5.85. The number of unbranched alkanes of at least 4 members (excludes halogenated alkanes) is 2. The number of hydrogen-bond acceptors (Lipinski definition) is 5. The van der Waals surface area contributed by atoms with E-state index in [4.69, 9.17) is 5.14 Å². The molecule has 8 nitrogen and oxygen atoms in total. The summed E-state index contributed by atoms with van der Waals surface area (Å²) in [6.07, 6.45) is 3.52. The molecule has 3 rings (SSSR count). The molecule has 0 aliphatic carbocycles. The number of sulfonamides is 1. The van der Waals surface area contributed by atoms with E-state index in [1.54, 1.807) is 28.8 Å². The quantitative estimate of drug-likeness (QED) is 0.513. The zero-order chi connectivity index (χ0) is 22.4. The van der Waals surface area contributed by atoms with Crippen LogP contribution in [0.5, 0.6) is 0 Å². The van der Waals surface area contributed by atoms with Crippen molar-refractivity contribution in [1.82, 2.24) is 19.7 Å². The summed E-state index contributed by atoms with van der Waals surface area (Å²) in [5, 5.41) is 9.64. The first-order valence-corrected chi connectivity index (χ1v) is 11.7. The molecule has 1 amide bonds. The minimum atomic E-state index is -3.80. The van der Waals surface area contributed by atoms with Crippen LogP contribution in [-0.4, -0.2) is 47.6 Å². The molecule has 164 valence electrons. The first-order chi connectivity index (χ1) is 14.8. The Kier molecular flexibility index (Phi) is 7.19. The number of amides is 1. The fourth-order valence-electron chi connectivity index (χ4n) is 3.18. The van der Waals surface area contributed by atoms with Crippen LogP contribution in [0.1, 0.15) is 48.2 Å². The number of aromatic nitrogens is 3. The van der Waals surface area contributed by atoms with Gasteiger partial charge in [-0.25, -0.2) is 23.2 Å². The van der Waals surface area contributed by atoms with Crippen molar-refractivity contribution < 1.29 is 13.2 Å². The van der Waals surface area contributed by atoms with E-state index in [1.165, 1.54) is 12.1 Å². The van der Waals surface area contributed by atoms with E-state index in [2.05, 4.69) is 17.0 Å². The van der Waals surface area contributed by atoms with Crippen LogP contribution in [0, 0.1) is 0 Å². The predicted molar refractivity (Wildman–Crippen MR) is 118 cm³/mol. The molecule has 2 aromatic carbocycles. The van der Waals surface area contributed by atoms with E-state index in [-0.39, 0.29) is 16.6 Å². The van der Waals surface area contributed by atoms with Gasteiger partial charge in [-0.15, -0.1) is 5.10 Å². The Morgan fingerprint density at radius 2 is 1.74 bits per heavy atom. The fraction of sp³-hybridized carbons (Fsp3) is 0.318. The molecule has 0 saturated carbocycles. The topological polar surface area (TPSA) is 111 Å². The highest BCUT2D eigenvalue weighted by atomic mass is 32.2. The maximum Gasteiger partial charge on any atom is 0.293 e. The smallest absolute Gasteiger partial charge is 0.293 e. The largest absolute Gasteiger partial charge is 0.339 e. The zero-order valence-corrected chi connectivity index (χ0v) is 18.5. The molecular weight excluding hydrogens is 414 g/mol. The number of benzene rings is 2. The van der Waals surface area contributed by atoms with Crippen molar-refractivity contribution in [2.24, 2.45) is 5.14 Å². The molecule has 0 saturated heterocycles. The molecule has 1 aromatic heterocycles. The Balaban J connectivity index is 1.95. The lowest BCUT2D eigenvalue weighted by atomic mass is 10.1. The third kappa shape index (κ3) is 5.77. The van der Waals surface area contributed by atoms with Gasteiger partial charge < -0.3 is 4.90 Å². The lowest BCUT2D eigenvalue weighted by molar-refractivity contribution is 0.0780. The van der Waals surface area contributed by atoms with Crippen molar-refractivity contribution in [1.29, 1.82) is 0 Å². The first kappa shape index (κ1) is 22.6. The lowest BCUT2D eigenvalue weighted by Gasteiger charge is -2.14. The maximum absolute atomic E-state index is 12.9. The van der Waals surface area contributed by atoms with Gasteiger partial charge in [0.2, 0.25) is 15.8 Å². The molecule has 0 bridgehead atoms. The predicted octanol–water partition coefficient (Wildman–Crippen LogP) is 2.77. The van der Waals surface area contributed by atoms with Crippen LogP contribution < -0.4 is 5.14 Å². The number of nitrogens with two attached hydrogens (primary N) is 1. The van der Waals surface area contributed by atoms with Crippen molar-refractivity contribution >= 4 is 15.9 Å². The second kappa shape index (κ2) is 9.84. The normalized spacial score (nSPS) is 11.5. The van der Waals surface area contributed by atoms with Crippen LogP contribution >= 0.6 is 0 Å². The SMILES string of the molecule is CCCCCN(C)C(=O)c1nc(Cc2ccccc2)n(-c2ccc(S(N)(=O)=O)cc2)n1. The lowest BCUT2D eigenvalue weighted by Crippen LogP contribution is -2.28. The minimum absolute atomic E-state index is 0.00734. The first-order valence-electron chi connectivity index (χ1n) is 10.2. The molecule has 2 N–H and O–H groups in total. The molecule has 0 spiro atoms. The van der Waals surface area contributed by atoms with Crippen LogP contribution in [0.15, 0.2) is 59.5 Å². The molecule has 0 aliphatic heterocycles. The molecule has 31 heavy (non-hydrogen) atoms. The van der Waals surface area contributed by atoms with Crippen LogP contribution in [0.3, 0.4) is 0 Å². The summed E-state index contributed by atoms with van der Waals surface area (Å²) in [4.78, 5) is 19.0. The average Bonchev–Trinajstić information content (AvgIpc) is 3.17. The van der Waals surface area contributed by atoms with E-state index in [9.17, 15) is 13.2 Å². The molecule has 0 fully saturated rings. The van der Waals surface area contributed by atoms with Crippen LogP contribution in [0.2, 0.25) is 0 Å². The van der Waals surface area contributed by atoms with Crippen molar-refractivity contribution in [3.05, 3.63) is 71.8 Å². The highest BCUT2D eigenvalue weighted by Crippen LogP contribution is 2.17. The van der Waals surface area contributed by atoms with Crippen molar-refractivity contribution in [2.45, 2.75) is 37.5 Å². The molecule has 0 atom stereocenters. The van der Waals surface area contributed by atoms with Gasteiger partial charge in [0.25, 0.3) is 5.91 Å². The Hall–Kier alpha value is -3.04. The summed E-state index contributed by atoms with van der Waals surface area (Å²) in [6, 6.07) is 15.8. The number of hydrogen-bond donors (Lipinski definition) is 1. The summed E-state index contributed by atoms with van der Waals surface area (Å²) in [6.45, 7) is 2.75. The van der Waals surface area contributed by atoms with Crippen molar-refractivity contribution in [3.63, 3.8) is 0 Å². The highest BCUT2D eigenvalue weighted by molar-refractivity contribution is 7.89. The molecule has 0 aliphatic rings. The van der Waals surface area contributed by atoms with Gasteiger partial charge in [0.15, 0.2) is 0 Å². The minimum Gasteiger partial charge on any atom is -0.339 e. The van der Waals surface area contributed by atoms with Gasteiger partial charge in [0.05, 0.1) is 10.6 Å². The standard InChI is InChI=1S/C22H27N5O3S/c1-3-4-8-15-26(2)22(28)21-24-20(16-17-9-6-5-7-10-17)27(25-21)18-11-13-19(14-12-18)31(23,29)30/h5-7,9-14H,3-4,8,15-16H2,1-2H3,(H2,23,29,30). The number of carbonyl (C=O) groups excluding carboxylic acids is 1. The summed E-state index contributed by atoms with van der Waals surface area (Å²) in [5.74, 6) is 0.450. The zero-order valence-electron chi connectivity index (χ0n) is 17.7. The van der Waals surface area contributed by atoms with E-state index in [0.717, 1.165) is 24.8 Å². The van der Waals surface area contributed by atoms with E-state index in [0.29, 0.717) is 24.5 Å². The molecule has 3 aromatic rings. The van der Waals surface area contributed by atoms with Gasteiger partial charge in [-0.1, -0.05) is 50.1 Å². The number of primary sulfonamides is 1. The van der Waals surface area contributed by atoms with Gasteiger partial charge in [0, 0.05) is 20.0 Å². The fourth-order valence-corrected chi connectivity index (χ4v) is 3.70. The maximum atomic E-state index is 12.9. The number of carbonyl (C=O) groups is 1. The van der Waals surface area contributed by atoms with Gasteiger partial charge in [-0.3, -0.25) is 4.79 Å². The van der Waals surface area contributed by atoms with Crippen molar-refractivity contribution in [2.75, 3.05) is 13.6 Å². The van der Waals surface area contributed by atoms with Gasteiger partial charge in [-0.05, 0) is 36.2 Å². The van der Waals surface area contributed by atoms with Gasteiger partial charge in [-0.2, -0.15) is 0 Å². The van der Waals surface area contributed by atoms with Crippen LogP contribution in [0.4, 0.5) is 0 Å². The summed E-state index contributed by atoms with van der Waals surface area (Å²) in [7, 11) is -2.05. The summed E-state index contributed by atoms with van der Waals surface area (Å²) >= 11 is 0. The second-order valence-corrected chi connectivity index (χ2v) is 8.96. The van der Waals surface area contributed by atoms with Crippen LogP contribution in [-0.2, 0) is 16.4 Å². The Bertz CT molecular complexity index is 1130. The Labute approximate surface area is 182 Å². The van der Waals surface area contributed by atoms with Crippen molar-refractivity contribution in [3.8, 4) is 5.69 Å². The molecule has 9 heteroatoms. The van der Waals surface area contributed by atoms with Gasteiger partial charge in [0.1, 0.15) is 5.82 Å². The molecular formula is C22H27N5O3S. The molecule has 1 heterocycles. The van der Waals surface area contributed by atoms with Crippen LogP contribution in [0.25, 0.3) is 5.69 Å². The summed E-state index contributed by atoms with van der Waals surface area (Å²) < 4.78 is 24.7. The van der Waals surface area contributed by atoms with E-state index >= 15 is 0 Å². The molecule has 0 radical (unpaired) electrons. The monoisotopic (exact) mass is 441 g/mol. The highest BCUT2D eigenvalue weighted by Gasteiger charge is 2.21. The summed E-state index contributed by atoms with van der Waals surface area (Å²) in [5.41, 5.74) is 1.62. The molecule has 0 unspecified atom stereocenters. The number of rotatable bonds is 9. The Morgan fingerprint density at radius 1 is 1.06 bits per heavy atom.